The molecule has 0 radical (unpaired) electrons. The van der Waals surface area contributed by atoms with Crippen LogP contribution in [0.1, 0.15) is 31.9 Å². The van der Waals surface area contributed by atoms with Crippen molar-refractivity contribution in [1.29, 1.82) is 0 Å². The van der Waals surface area contributed by atoms with Gasteiger partial charge >= 0.3 is 0 Å². The van der Waals surface area contributed by atoms with E-state index in [1.165, 1.54) is 5.56 Å². The second-order valence-electron chi connectivity index (χ2n) is 6.12. The van der Waals surface area contributed by atoms with Crippen LogP contribution in [0, 0.1) is 5.92 Å². The second-order valence-corrected chi connectivity index (χ2v) is 6.12. The molecule has 0 saturated carbocycles. The summed E-state index contributed by atoms with van der Waals surface area (Å²) in [6, 6.07) is 8.49. The Bertz CT molecular complexity index is 450. The quantitative estimate of drug-likeness (QED) is 0.905. The number of methoxy groups -OCH3 is 2. The summed E-state index contributed by atoms with van der Waals surface area (Å²) in [5.41, 5.74) is 7.51. The van der Waals surface area contributed by atoms with Crippen molar-refractivity contribution < 1.29 is 9.47 Å². The lowest BCUT2D eigenvalue weighted by molar-refractivity contribution is -0.0224. The molecule has 0 bridgehead atoms. The molecule has 1 heterocycles. The molecule has 118 valence electrons. The number of benzene rings is 1. The Kier molecular flexibility index (Phi) is 5.62. The van der Waals surface area contributed by atoms with E-state index >= 15 is 0 Å². The van der Waals surface area contributed by atoms with Crippen molar-refractivity contribution >= 4 is 0 Å². The average molecular weight is 292 g/mol. The zero-order valence-corrected chi connectivity index (χ0v) is 13.6. The maximum atomic E-state index is 6.29. The van der Waals surface area contributed by atoms with Crippen molar-refractivity contribution in [2.45, 2.75) is 38.5 Å². The zero-order chi connectivity index (χ0) is 15.4. The van der Waals surface area contributed by atoms with Gasteiger partial charge in [0.05, 0.1) is 13.2 Å². The summed E-state index contributed by atoms with van der Waals surface area (Å²) in [6.45, 7) is 6.33. The second kappa shape index (κ2) is 7.25. The predicted molar refractivity (Wildman–Crippen MR) is 85.5 cm³/mol. The third kappa shape index (κ3) is 3.76. The van der Waals surface area contributed by atoms with Crippen LogP contribution in [0.2, 0.25) is 0 Å². The molecule has 0 spiro atoms. The van der Waals surface area contributed by atoms with E-state index in [-0.39, 0.29) is 18.2 Å². The van der Waals surface area contributed by atoms with E-state index in [0.717, 1.165) is 25.3 Å². The van der Waals surface area contributed by atoms with Gasteiger partial charge in [-0.15, -0.1) is 0 Å². The molecular formula is C17H28N2O2. The van der Waals surface area contributed by atoms with Crippen LogP contribution < -0.4 is 10.5 Å². The van der Waals surface area contributed by atoms with Crippen LogP contribution in [0.15, 0.2) is 24.3 Å². The summed E-state index contributed by atoms with van der Waals surface area (Å²) in [5, 5.41) is 0. The monoisotopic (exact) mass is 292 g/mol. The first kappa shape index (κ1) is 16.3. The maximum absolute atomic E-state index is 6.29. The summed E-state index contributed by atoms with van der Waals surface area (Å²) >= 11 is 0. The molecule has 2 rings (SSSR count). The van der Waals surface area contributed by atoms with E-state index in [2.05, 4.69) is 30.9 Å². The Morgan fingerprint density at radius 2 is 2.10 bits per heavy atom. The fraction of sp³-hybridized carbons (Fsp3) is 0.647. The van der Waals surface area contributed by atoms with Gasteiger partial charge in [0.25, 0.3) is 0 Å². The summed E-state index contributed by atoms with van der Waals surface area (Å²) in [7, 11) is 3.50. The molecule has 1 aromatic rings. The molecule has 1 saturated heterocycles. The number of piperidine rings is 1. The van der Waals surface area contributed by atoms with Gasteiger partial charge in [-0.25, -0.2) is 0 Å². The highest BCUT2D eigenvalue weighted by atomic mass is 16.5. The molecule has 21 heavy (non-hydrogen) atoms. The van der Waals surface area contributed by atoms with E-state index in [1.807, 2.05) is 12.1 Å². The lowest BCUT2D eigenvalue weighted by Crippen LogP contribution is -2.49. The highest BCUT2D eigenvalue weighted by molar-refractivity contribution is 5.31. The van der Waals surface area contributed by atoms with Crippen molar-refractivity contribution in [1.82, 2.24) is 4.90 Å². The maximum Gasteiger partial charge on any atom is 0.119 e. The lowest BCUT2D eigenvalue weighted by atomic mass is 9.91. The summed E-state index contributed by atoms with van der Waals surface area (Å²) < 4.78 is 11.0. The molecule has 1 aliphatic heterocycles. The van der Waals surface area contributed by atoms with Gasteiger partial charge < -0.3 is 15.2 Å². The van der Waals surface area contributed by atoms with E-state index < -0.39 is 0 Å². The highest BCUT2D eigenvalue weighted by Crippen LogP contribution is 2.31. The largest absolute Gasteiger partial charge is 0.497 e. The number of rotatable bonds is 5. The van der Waals surface area contributed by atoms with Gasteiger partial charge in [-0.3, -0.25) is 4.90 Å². The van der Waals surface area contributed by atoms with E-state index in [9.17, 15) is 0 Å². The number of nitrogens with two attached hydrogens (primary N) is 1. The van der Waals surface area contributed by atoms with E-state index in [4.69, 9.17) is 15.2 Å². The van der Waals surface area contributed by atoms with E-state index in [1.54, 1.807) is 14.2 Å². The normalized spacial score (nSPS) is 26.3. The summed E-state index contributed by atoms with van der Waals surface area (Å²) in [5.74, 6) is 1.48. The first-order valence-corrected chi connectivity index (χ1v) is 7.73. The molecule has 2 N–H and O–H groups in total. The van der Waals surface area contributed by atoms with Gasteiger partial charge in [0.15, 0.2) is 0 Å². The van der Waals surface area contributed by atoms with Crippen molar-refractivity contribution in [2.75, 3.05) is 27.3 Å². The van der Waals surface area contributed by atoms with Crippen LogP contribution >= 0.6 is 0 Å². The van der Waals surface area contributed by atoms with Crippen LogP contribution in [-0.4, -0.2) is 44.4 Å². The van der Waals surface area contributed by atoms with Crippen LogP contribution in [0.3, 0.4) is 0 Å². The molecule has 1 aliphatic rings. The Morgan fingerprint density at radius 1 is 1.33 bits per heavy atom. The molecular weight excluding hydrogens is 264 g/mol. The Balaban J connectivity index is 2.22. The minimum atomic E-state index is 0.0584. The zero-order valence-electron chi connectivity index (χ0n) is 13.6. The van der Waals surface area contributed by atoms with Gasteiger partial charge in [-0.2, -0.15) is 0 Å². The van der Waals surface area contributed by atoms with Crippen LogP contribution in [-0.2, 0) is 4.74 Å². The minimum Gasteiger partial charge on any atom is -0.497 e. The summed E-state index contributed by atoms with van der Waals surface area (Å²) in [4.78, 5) is 2.45. The first-order valence-electron chi connectivity index (χ1n) is 7.73. The molecule has 0 aliphatic carbocycles. The molecule has 1 fully saturated rings. The van der Waals surface area contributed by atoms with Crippen LogP contribution in [0.25, 0.3) is 0 Å². The first-order chi connectivity index (χ1) is 10.1. The average Bonchev–Trinajstić information content (AvgIpc) is 2.49. The van der Waals surface area contributed by atoms with Gasteiger partial charge in [-0.05, 0) is 43.5 Å². The third-order valence-electron chi connectivity index (χ3n) is 4.55. The SMILES string of the molecule is COc1cccc(C(C(C)N)N2CCC(C)C(OC)C2)c1. The topological polar surface area (TPSA) is 47.7 Å². The van der Waals surface area contributed by atoms with Crippen molar-refractivity contribution in [2.24, 2.45) is 11.7 Å². The van der Waals surface area contributed by atoms with Crippen molar-refractivity contribution in [3.63, 3.8) is 0 Å². The molecule has 0 aromatic heterocycles. The molecule has 0 amide bonds. The van der Waals surface area contributed by atoms with E-state index in [0.29, 0.717) is 5.92 Å². The molecule has 1 aromatic carbocycles. The fourth-order valence-electron chi connectivity index (χ4n) is 3.29. The fourth-order valence-corrected chi connectivity index (χ4v) is 3.29. The smallest absolute Gasteiger partial charge is 0.119 e. The highest BCUT2D eigenvalue weighted by Gasteiger charge is 2.32. The molecule has 4 atom stereocenters. The van der Waals surface area contributed by atoms with Crippen LogP contribution in [0.4, 0.5) is 0 Å². The standard InChI is InChI=1S/C17H28N2O2/c1-12-8-9-19(11-16(12)21-4)17(13(2)18)14-6-5-7-15(10-14)20-3/h5-7,10,12-13,16-17H,8-9,11,18H2,1-4H3. The minimum absolute atomic E-state index is 0.0584. The Hall–Kier alpha value is -1.10. The van der Waals surface area contributed by atoms with Gasteiger partial charge in [0.2, 0.25) is 0 Å². The summed E-state index contributed by atoms with van der Waals surface area (Å²) in [6.07, 6.45) is 1.43. The van der Waals surface area contributed by atoms with Gasteiger partial charge in [-0.1, -0.05) is 19.1 Å². The van der Waals surface area contributed by atoms with Crippen LogP contribution in [0.5, 0.6) is 5.75 Å². The predicted octanol–water partition coefficient (Wildman–Crippen LogP) is 2.44. The van der Waals surface area contributed by atoms with Crippen molar-refractivity contribution in [3.05, 3.63) is 29.8 Å². The Labute approximate surface area is 128 Å². The lowest BCUT2D eigenvalue weighted by Gasteiger charge is -2.42. The number of likely N-dealkylation sites (tertiary alicyclic amines) is 1. The van der Waals surface area contributed by atoms with Crippen molar-refractivity contribution in [3.8, 4) is 5.75 Å². The number of nitrogens with zero attached hydrogens (tertiary/aromatic N) is 1. The number of hydrogen-bond donors (Lipinski definition) is 1. The molecule has 4 unspecified atom stereocenters. The molecule has 4 heteroatoms. The molecule has 4 nitrogen and oxygen atoms in total. The van der Waals surface area contributed by atoms with Gasteiger partial charge in [0, 0.05) is 25.7 Å². The van der Waals surface area contributed by atoms with Gasteiger partial charge in [0.1, 0.15) is 5.75 Å². The Morgan fingerprint density at radius 3 is 2.71 bits per heavy atom. The number of hydrogen-bond acceptors (Lipinski definition) is 4. The number of ether oxygens (including phenoxy) is 2. The third-order valence-corrected chi connectivity index (χ3v) is 4.55.